The van der Waals surface area contributed by atoms with Gasteiger partial charge in [0, 0.05) is 20.8 Å². The SMILES string of the molecule is COCC(CNC(C(=O)OC)C1CC1)OC. The Hall–Kier alpha value is -0.650. The number of nitrogens with one attached hydrogen (secondary N) is 1. The van der Waals surface area contributed by atoms with Gasteiger partial charge < -0.3 is 19.5 Å². The fraction of sp³-hybridized carbons (Fsp3) is 0.909. The highest BCUT2D eigenvalue weighted by Crippen LogP contribution is 2.33. The van der Waals surface area contributed by atoms with Crippen LogP contribution in [0.15, 0.2) is 0 Å². The molecule has 94 valence electrons. The lowest BCUT2D eigenvalue weighted by molar-refractivity contribution is -0.143. The summed E-state index contributed by atoms with van der Waals surface area (Å²) in [6.45, 7) is 1.11. The molecule has 2 unspecified atom stereocenters. The van der Waals surface area contributed by atoms with Crippen molar-refractivity contribution in [2.45, 2.75) is 25.0 Å². The van der Waals surface area contributed by atoms with Gasteiger partial charge in [0.15, 0.2) is 0 Å². The summed E-state index contributed by atoms with van der Waals surface area (Å²) in [6.07, 6.45) is 2.15. The summed E-state index contributed by atoms with van der Waals surface area (Å²) >= 11 is 0. The quantitative estimate of drug-likeness (QED) is 0.604. The van der Waals surface area contributed by atoms with Crippen molar-refractivity contribution in [1.82, 2.24) is 5.32 Å². The highest BCUT2D eigenvalue weighted by Gasteiger charge is 2.36. The Balaban J connectivity index is 2.33. The van der Waals surface area contributed by atoms with E-state index in [-0.39, 0.29) is 18.1 Å². The first-order valence-electron chi connectivity index (χ1n) is 5.55. The lowest BCUT2D eigenvalue weighted by Crippen LogP contribution is -2.44. The first-order valence-corrected chi connectivity index (χ1v) is 5.55. The molecule has 0 aromatic carbocycles. The van der Waals surface area contributed by atoms with Crippen molar-refractivity contribution in [2.75, 3.05) is 34.5 Å². The van der Waals surface area contributed by atoms with Crippen molar-refractivity contribution in [1.29, 1.82) is 0 Å². The van der Waals surface area contributed by atoms with Crippen molar-refractivity contribution in [3.63, 3.8) is 0 Å². The molecule has 1 aliphatic rings. The van der Waals surface area contributed by atoms with Gasteiger partial charge in [0.1, 0.15) is 6.04 Å². The van der Waals surface area contributed by atoms with E-state index in [1.807, 2.05) is 0 Å². The van der Waals surface area contributed by atoms with Crippen LogP contribution >= 0.6 is 0 Å². The number of esters is 1. The smallest absolute Gasteiger partial charge is 0.323 e. The molecule has 1 saturated carbocycles. The fourth-order valence-electron chi connectivity index (χ4n) is 1.65. The van der Waals surface area contributed by atoms with Crippen LogP contribution in [0.4, 0.5) is 0 Å². The minimum absolute atomic E-state index is 0.0316. The van der Waals surface area contributed by atoms with Crippen molar-refractivity contribution in [3.05, 3.63) is 0 Å². The van der Waals surface area contributed by atoms with Crippen molar-refractivity contribution in [2.24, 2.45) is 5.92 Å². The standard InChI is InChI=1S/C11H21NO4/c1-14-7-9(15-2)6-12-10(8-4-5-8)11(13)16-3/h8-10,12H,4-7H2,1-3H3. The van der Waals surface area contributed by atoms with Crippen LogP contribution in [-0.2, 0) is 19.0 Å². The maximum atomic E-state index is 11.5. The topological polar surface area (TPSA) is 56.8 Å². The first-order chi connectivity index (χ1) is 7.72. The number of ether oxygens (including phenoxy) is 3. The molecule has 0 aliphatic heterocycles. The van der Waals surface area contributed by atoms with E-state index in [2.05, 4.69) is 5.32 Å². The molecule has 0 aromatic heterocycles. The van der Waals surface area contributed by atoms with E-state index in [4.69, 9.17) is 14.2 Å². The molecule has 5 nitrogen and oxygen atoms in total. The number of carbonyl (C=O) groups excluding carboxylic acids is 1. The molecule has 0 saturated heterocycles. The number of carbonyl (C=O) groups is 1. The summed E-state index contributed by atoms with van der Waals surface area (Å²) in [5.41, 5.74) is 0. The van der Waals surface area contributed by atoms with E-state index in [1.54, 1.807) is 14.2 Å². The molecule has 1 N–H and O–H groups in total. The highest BCUT2D eigenvalue weighted by molar-refractivity contribution is 5.76. The molecular weight excluding hydrogens is 210 g/mol. The van der Waals surface area contributed by atoms with E-state index in [0.29, 0.717) is 19.1 Å². The second-order valence-electron chi connectivity index (χ2n) is 4.06. The number of rotatable bonds is 8. The van der Waals surface area contributed by atoms with E-state index in [1.165, 1.54) is 7.11 Å². The van der Waals surface area contributed by atoms with Gasteiger partial charge in [-0.3, -0.25) is 4.79 Å². The summed E-state index contributed by atoms with van der Waals surface area (Å²) in [5, 5.41) is 3.19. The van der Waals surface area contributed by atoms with Crippen LogP contribution in [0, 0.1) is 5.92 Å². The first kappa shape index (κ1) is 13.4. The highest BCUT2D eigenvalue weighted by atomic mass is 16.5. The fourth-order valence-corrected chi connectivity index (χ4v) is 1.65. The third kappa shape index (κ3) is 4.08. The predicted molar refractivity (Wildman–Crippen MR) is 59.2 cm³/mol. The van der Waals surface area contributed by atoms with Crippen LogP contribution in [0.3, 0.4) is 0 Å². The van der Waals surface area contributed by atoms with E-state index in [9.17, 15) is 4.79 Å². The Morgan fingerprint density at radius 1 is 1.38 bits per heavy atom. The van der Waals surface area contributed by atoms with Crippen LogP contribution in [0.1, 0.15) is 12.8 Å². The maximum Gasteiger partial charge on any atom is 0.323 e. The summed E-state index contributed by atoms with van der Waals surface area (Å²) in [7, 11) is 4.68. The van der Waals surface area contributed by atoms with Gasteiger partial charge in [-0.25, -0.2) is 0 Å². The zero-order valence-corrected chi connectivity index (χ0v) is 10.2. The van der Waals surface area contributed by atoms with Gasteiger partial charge >= 0.3 is 5.97 Å². The third-order valence-electron chi connectivity index (χ3n) is 2.80. The molecular formula is C11H21NO4. The molecule has 0 bridgehead atoms. The lowest BCUT2D eigenvalue weighted by atomic mass is 10.2. The molecule has 0 spiro atoms. The van der Waals surface area contributed by atoms with Gasteiger partial charge in [0.2, 0.25) is 0 Å². The van der Waals surface area contributed by atoms with Crippen molar-refractivity contribution < 1.29 is 19.0 Å². The minimum Gasteiger partial charge on any atom is -0.468 e. The zero-order valence-electron chi connectivity index (χ0n) is 10.2. The average molecular weight is 231 g/mol. The average Bonchev–Trinajstić information content (AvgIpc) is 3.11. The van der Waals surface area contributed by atoms with Crippen LogP contribution in [0.25, 0.3) is 0 Å². The molecule has 1 rings (SSSR count). The third-order valence-corrected chi connectivity index (χ3v) is 2.80. The van der Waals surface area contributed by atoms with Crippen molar-refractivity contribution >= 4 is 5.97 Å². The van der Waals surface area contributed by atoms with Crippen LogP contribution in [0.5, 0.6) is 0 Å². The summed E-state index contributed by atoms with van der Waals surface area (Å²) in [6, 6.07) is -0.195. The van der Waals surface area contributed by atoms with Gasteiger partial charge in [-0.15, -0.1) is 0 Å². The Kier molecular flexibility index (Phi) is 5.73. The molecule has 0 aromatic rings. The maximum absolute atomic E-state index is 11.5. The number of hydrogen-bond donors (Lipinski definition) is 1. The van der Waals surface area contributed by atoms with Gasteiger partial charge in [0.05, 0.1) is 19.8 Å². The molecule has 5 heteroatoms. The predicted octanol–water partition coefficient (Wildman–Crippen LogP) is 0.189. The Morgan fingerprint density at radius 3 is 2.50 bits per heavy atom. The van der Waals surface area contributed by atoms with Crippen LogP contribution in [0.2, 0.25) is 0 Å². The number of methoxy groups -OCH3 is 3. The zero-order chi connectivity index (χ0) is 12.0. The van der Waals surface area contributed by atoms with Gasteiger partial charge in [-0.1, -0.05) is 0 Å². The lowest BCUT2D eigenvalue weighted by Gasteiger charge is -2.20. The van der Waals surface area contributed by atoms with Crippen LogP contribution < -0.4 is 5.32 Å². The van der Waals surface area contributed by atoms with Crippen molar-refractivity contribution in [3.8, 4) is 0 Å². The molecule has 2 atom stereocenters. The largest absolute Gasteiger partial charge is 0.468 e. The molecule has 0 amide bonds. The Labute approximate surface area is 96.4 Å². The van der Waals surface area contributed by atoms with E-state index < -0.39 is 0 Å². The molecule has 1 fully saturated rings. The Morgan fingerprint density at radius 2 is 2.06 bits per heavy atom. The molecule has 0 heterocycles. The van der Waals surface area contributed by atoms with Gasteiger partial charge in [-0.2, -0.15) is 0 Å². The Bertz CT molecular complexity index is 218. The monoisotopic (exact) mass is 231 g/mol. The summed E-state index contributed by atoms with van der Waals surface area (Å²) < 4.78 is 15.0. The van der Waals surface area contributed by atoms with Crippen LogP contribution in [-0.4, -0.2) is 52.6 Å². The summed E-state index contributed by atoms with van der Waals surface area (Å²) in [5.74, 6) is 0.238. The minimum atomic E-state index is -0.195. The second-order valence-corrected chi connectivity index (χ2v) is 4.06. The van der Waals surface area contributed by atoms with E-state index >= 15 is 0 Å². The normalized spacial score (nSPS) is 19.2. The van der Waals surface area contributed by atoms with E-state index in [0.717, 1.165) is 12.8 Å². The molecule has 0 radical (unpaired) electrons. The summed E-state index contributed by atoms with van der Waals surface area (Å²) in [4.78, 5) is 11.5. The number of hydrogen-bond acceptors (Lipinski definition) is 5. The van der Waals surface area contributed by atoms with Gasteiger partial charge in [0.25, 0.3) is 0 Å². The molecule has 16 heavy (non-hydrogen) atoms. The van der Waals surface area contributed by atoms with Gasteiger partial charge in [-0.05, 0) is 18.8 Å². The second kappa shape index (κ2) is 6.83. The molecule has 1 aliphatic carbocycles.